The Labute approximate surface area is 128 Å². The van der Waals surface area contributed by atoms with Crippen LogP contribution in [0, 0.1) is 0 Å². The quantitative estimate of drug-likeness (QED) is 0.881. The van der Waals surface area contributed by atoms with Crippen molar-refractivity contribution in [3.05, 3.63) is 21.3 Å². The zero-order valence-corrected chi connectivity index (χ0v) is 13.1. The van der Waals surface area contributed by atoms with Crippen LogP contribution in [0.4, 0.5) is 0 Å². The summed E-state index contributed by atoms with van der Waals surface area (Å²) in [7, 11) is 1.55. The summed E-state index contributed by atoms with van der Waals surface area (Å²) in [5.74, 6) is -0.0225. The predicted octanol–water partition coefficient (Wildman–Crippen LogP) is 1.02. The van der Waals surface area contributed by atoms with Crippen LogP contribution in [0.1, 0.15) is 4.88 Å². The summed E-state index contributed by atoms with van der Waals surface area (Å²) in [4.78, 5) is 17.4. The smallest absolute Gasteiger partial charge is 0.241 e. The minimum absolute atomic E-state index is 0.0225. The number of nitrogens with two attached hydrogens (primary N) is 1. The lowest BCUT2D eigenvalue weighted by Crippen LogP contribution is -2.53. The van der Waals surface area contributed by atoms with Gasteiger partial charge in [0.25, 0.3) is 0 Å². The van der Waals surface area contributed by atoms with Crippen LogP contribution < -0.4 is 5.73 Å². The molecule has 1 aliphatic heterocycles. The first-order valence-electron chi connectivity index (χ1n) is 6.60. The lowest BCUT2D eigenvalue weighted by Gasteiger charge is -2.35. The number of nitrogens with zero attached hydrogens (tertiary/aromatic N) is 2. The maximum absolute atomic E-state index is 12.0. The van der Waals surface area contributed by atoms with E-state index in [2.05, 4.69) is 11.0 Å². The molecule has 5 nitrogen and oxygen atoms in total. The van der Waals surface area contributed by atoms with Crippen molar-refractivity contribution in [3.63, 3.8) is 0 Å². The Kier molecular flexibility index (Phi) is 5.80. The number of halogens is 1. The summed E-state index contributed by atoms with van der Waals surface area (Å²) in [6.45, 7) is 4.32. The minimum Gasteiger partial charge on any atom is -0.383 e. The molecular weight excluding hydrogens is 298 g/mol. The van der Waals surface area contributed by atoms with Gasteiger partial charge < -0.3 is 15.4 Å². The summed E-state index contributed by atoms with van der Waals surface area (Å²) in [6.07, 6.45) is 0. The third-order valence-corrected chi connectivity index (χ3v) is 4.57. The second-order valence-electron chi connectivity index (χ2n) is 4.87. The van der Waals surface area contributed by atoms with Gasteiger partial charge in [-0.3, -0.25) is 9.69 Å². The Hall–Kier alpha value is -0.660. The molecule has 2 N–H and O–H groups in total. The molecule has 0 radical (unpaired) electrons. The minimum atomic E-state index is -0.553. The van der Waals surface area contributed by atoms with Gasteiger partial charge in [-0.25, -0.2) is 0 Å². The Morgan fingerprint density at radius 1 is 1.45 bits per heavy atom. The maximum atomic E-state index is 12.0. The van der Waals surface area contributed by atoms with Crippen molar-refractivity contribution in [2.75, 3.05) is 39.9 Å². The predicted molar refractivity (Wildman–Crippen MR) is 81.0 cm³/mol. The van der Waals surface area contributed by atoms with Gasteiger partial charge in [0.1, 0.15) is 6.04 Å². The highest BCUT2D eigenvalue weighted by Gasteiger charge is 2.25. The van der Waals surface area contributed by atoms with E-state index in [1.165, 1.54) is 4.88 Å². The number of hydrogen-bond donors (Lipinski definition) is 1. The number of methoxy groups -OCH3 is 1. The van der Waals surface area contributed by atoms with E-state index in [1.54, 1.807) is 18.4 Å². The fourth-order valence-corrected chi connectivity index (χ4v) is 3.40. The molecule has 1 unspecified atom stereocenters. The Balaban J connectivity index is 1.78. The molecule has 1 atom stereocenters. The fraction of sp³-hybridized carbons (Fsp3) is 0.615. The van der Waals surface area contributed by atoms with E-state index in [0.717, 1.165) is 37.1 Å². The van der Waals surface area contributed by atoms with E-state index in [-0.39, 0.29) is 12.5 Å². The van der Waals surface area contributed by atoms with E-state index in [1.807, 2.05) is 11.0 Å². The fourth-order valence-electron chi connectivity index (χ4n) is 2.27. The molecule has 0 aliphatic carbocycles. The number of hydrogen-bond acceptors (Lipinski definition) is 5. The van der Waals surface area contributed by atoms with Gasteiger partial charge in [0.15, 0.2) is 0 Å². The molecule has 2 heterocycles. The molecule has 2 rings (SSSR count). The summed E-state index contributed by atoms with van der Waals surface area (Å²) >= 11 is 7.54. The standard InChI is InChI=1S/C13H20ClN3O2S/c1-19-9-11(15)13(18)17-6-4-16(5-7-17)8-10-2-3-12(14)20-10/h2-3,11H,4-9,15H2,1H3. The van der Waals surface area contributed by atoms with Crippen molar-refractivity contribution < 1.29 is 9.53 Å². The van der Waals surface area contributed by atoms with E-state index in [4.69, 9.17) is 22.1 Å². The van der Waals surface area contributed by atoms with E-state index >= 15 is 0 Å². The molecular formula is C13H20ClN3O2S. The largest absolute Gasteiger partial charge is 0.383 e. The Morgan fingerprint density at radius 3 is 2.70 bits per heavy atom. The third kappa shape index (κ3) is 4.17. The molecule has 1 amide bonds. The average molecular weight is 318 g/mol. The lowest BCUT2D eigenvalue weighted by atomic mass is 10.2. The molecule has 1 saturated heterocycles. The van der Waals surface area contributed by atoms with Crippen LogP contribution in [-0.2, 0) is 16.1 Å². The second-order valence-corrected chi connectivity index (χ2v) is 6.67. The van der Waals surface area contributed by atoms with E-state index in [0.29, 0.717) is 0 Å². The topological polar surface area (TPSA) is 58.8 Å². The molecule has 0 aromatic carbocycles. The highest BCUT2D eigenvalue weighted by molar-refractivity contribution is 7.16. The van der Waals surface area contributed by atoms with Crippen LogP contribution in [-0.4, -0.2) is 61.6 Å². The zero-order chi connectivity index (χ0) is 14.5. The van der Waals surface area contributed by atoms with Crippen LogP contribution in [0.15, 0.2) is 12.1 Å². The van der Waals surface area contributed by atoms with Crippen molar-refractivity contribution in [1.82, 2.24) is 9.80 Å². The number of thiophene rings is 1. The molecule has 7 heteroatoms. The number of rotatable bonds is 5. The first-order valence-corrected chi connectivity index (χ1v) is 7.79. The molecule has 20 heavy (non-hydrogen) atoms. The summed E-state index contributed by atoms with van der Waals surface area (Å²) in [5.41, 5.74) is 5.78. The third-order valence-electron chi connectivity index (χ3n) is 3.36. The van der Waals surface area contributed by atoms with Crippen molar-refractivity contribution in [2.45, 2.75) is 12.6 Å². The summed E-state index contributed by atoms with van der Waals surface area (Å²) < 4.78 is 5.74. The number of amides is 1. The summed E-state index contributed by atoms with van der Waals surface area (Å²) in [6, 6.07) is 3.42. The highest BCUT2D eigenvalue weighted by atomic mass is 35.5. The number of piperazine rings is 1. The second kappa shape index (κ2) is 7.38. The van der Waals surface area contributed by atoms with Gasteiger partial charge in [-0.2, -0.15) is 0 Å². The van der Waals surface area contributed by atoms with Crippen LogP contribution in [0.2, 0.25) is 4.34 Å². The van der Waals surface area contributed by atoms with Crippen LogP contribution in [0.5, 0.6) is 0 Å². The van der Waals surface area contributed by atoms with Gasteiger partial charge in [0, 0.05) is 44.7 Å². The van der Waals surface area contributed by atoms with Crippen molar-refractivity contribution >= 4 is 28.8 Å². The molecule has 0 spiro atoms. The molecule has 1 aromatic rings. The van der Waals surface area contributed by atoms with Gasteiger partial charge >= 0.3 is 0 Å². The first kappa shape index (κ1) is 15.7. The van der Waals surface area contributed by atoms with Crippen molar-refractivity contribution in [3.8, 4) is 0 Å². The molecule has 1 aromatic heterocycles. The molecule has 112 valence electrons. The SMILES string of the molecule is COCC(N)C(=O)N1CCN(Cc2ccc(Cl)s2)CC1. The number of carbonyl (C=O) groups is 1. The molecule has 1 fully saturated rings. The van der Waals surface area contributed by atoms with Crippen LogP contribution >= 0.6 is 22.9 Å². The van der Waals surface area contributed by atoms with E-state index in [9.17, 15) is 4.79 Å². The maximum Gasteiger partial charge on any atom is 0.241 e. The van der Waals surface area contributed by atoms with E-state index < -0.39 is 6.04 Å². The molecule has 1 aliphatic rings. The first-order chi connectivity index (χ1) is 9.60. The van der Waals surface area contributed by atoms with Gasteiger partial charge in [-0.05, 0) is 12.1 Å². The highest BCUT2D eigenvalue weighted by Crippen LogP contribution is 2.23. The normalized spacial score (nSPS) is 18.2. The Bertz CT molecular complexity index is 447. The van der Waals surface area contributed by atoms with Crippen LogP contribution in [0.25, 0.3) is 0 Å². The lowest BCUT2D eigenvalue weighted by molar-refractivity contribution is -0.135. The monoisotopic (exact) mass is 317 g/mol. The number of carbonyl (C=O) groups excluding carboxylic acids is 1. The summed E-state index contributed by atoms with van der Waals surface area (Å²) in [5, 5.41) is 0. The van der Waals surface area contributed by atoms with Crippen LogP contribution in [0.3, 0.4) is 0 Å². The van der Waals surface area contributed by atoms with Crippen molar-refractivity contribution in [1.29, 1.82) is 0 Å². The van der Waals surface area contributed by atoms with Crippen molar-refractivity contribution in [2.24, 2.45) is 5.73 Å². The Morgan fingerprint density at radius 2 is 2.15 bits per heavy atom. The molecule has 0 bridgehead atoms. The average Bonchev–Trinajstić information content (AvgIpc) is 2.84. The molecule has 0 saturated carbocycles. The zero-order valence-electron chi connectivity index (χ0n) is 11.5. The van der Waals surface area contributed by atoms with Gasteiger partial charge in [-0.15, -0.1) is 11.3 Å². The van der Waals surface area contributed by atoms with Gasteiger partial charge in [0.2, 0.25) is 5.91 Å². The van der Waals surface area contributed by atoms with Gasteiger partial charge in [-0.1, -0.05) is 11.6 Å². The van der Waals surface area contributed by atoms with Gasteiger partial charge in [0.05, 0.1) is 10.9 Å². The number of ether oxygens (including phenoxy) is 1.